The Morgan fingerprint density at radius 3 is 2.49 bits per heavy atom. The highest BCUT2D eigenvalue weighted by atomic mass is 35.5. The van der Waals surface area contributed by atoms with Crippen LogP contribution in [0.1, 0.15) is 49.0 Å². The van der Waals surface area contributed by atoms with Crippen LogP contribution in [0.25, 0.3) is 16.6 Å². The van der Waals surface area contributed by atoms with Gasteiger partial charge in [-0.15, -0.1) is 0 Å². The molecule has 0 saturated carbocycles. The predicted octanol–water partition coefficient (Wildman–Crippen LogP) is 7.27. The van der Waals surface area contributed by atoms with Gasteiger partial charge in [-0.1, -0.05) is 43.2 Å². The summed E-state index contributed by atoms with van der Waals surface area (Å²) in [5, 5.41) is 20.4. The summed E-state index contributed by atoms with van der Waals surface area (Å²) in [7, 11) is -2.53. The van der Waals surface area contributed by atoms with Crippen molar-refractivity contribution in [3.8, 4) is 11.5 Å². The van der Waals surface area contributed by atoms with Crippen molar-refractivity contribution in [3.63, 3.8) is 0 Å². The van der Waals surface area contributed by atoms with Gasteiger partial charge in [0.05, 0.1) is 33.3 Å². The molecule has 0 radical (unpaired) electrons. The molecule has 0 spiro atoms. The summed E-state index contributed by atoms with van der Waals surface area (Å²) in [6, 6.07) is 19.1. The number of halogens is 1. The molecular formula is C47H55ClN10O6S. The molecule has 1 aliphatic carbocycles. The largest absolute Gasteiger partial charge is 0.455 e. The van der Waals surface area contributed by atoms with E-state index in [1.807, 2.05) is 18.2 Å². The van der Waals surface area contributed by atoms with Crippen molar-refractivity contribution in [1.82, 2.24) is 29.4 Å². The summed E-state index contributed by atoms with van der Waals surface area (Å²) in [6.45, 7) is 13.4. The molecule has 3 aliphatic heterocycles. The van der Waals surface area contributed by atoms with Crippen molar-refractivity contribution in [3.05, 3.63) is 111 Å². The number of fused-ring (bicyclic) bond motifs is 2. The number of benzene rings is 3. The number of aromatic amines is 1. The number of rotatable bonds is 12. The van der Waals surface area contributed by atoms with Crippen LogP contribution in [-0.4, -0.2) is 129 Å². The minimum atomic E-state index is -4.61. The van der Waals surface area contributed by atoms with E-state index in [4.69, 9.17) is 16.3 Å². The number of sulfonamides is 1. The number of aromatic nitrogens is 2. The molecule has 4 N–H and O–H groups in total. The van der Waals surface area contributed by atoms with Crippen LogP contribution in [0, 0.1) is 15.5 Å². The molecule has 342 valence electrons. The molecule has 5 heterocycles. The maximum Gasteiger partial charge on any atom is 0.295 e. The van der Waals surface area contributed by atoms with Crippen molar-refractivity contribution in [2.75, 3.05) is 94.6 Å². The van der Waals surface area contributed by atoms with Gasteiger partial charge in [0, 0.05) is 106 Å². The SMILES string of the molecule is CN1CCN(C[C@@H]2CNc3cc(S(=O)(=O)NC(=O)c4ccc(N5CCN(CC6=C(c7ccc(Cl)cc7)CC(C)(C)CC6)CC5)cc4Oc4cnc5[nH]ccc5c4)cc([N+](=O)[O-])c3N2)CC1. The van der Waals surface area contributed by atoms with Gasteiger partial charge in [0.25, 0.3) is 21.6 Å². The zero-order valence-corrected chi connectivity index (χ0v) is 38.5. The monoisotopic (exact) mass is 922 g/mol. The van der Waals surface area contributed by atoms with E-state index in [1.165, 1.54) is 29.0 Å². The number of piperazine rings is 2. The summed E-state index contributed by atoms with van der Waals surface area (Å²) >= 11 is 6.25. The maximum atomic E-state index is 14.1. The minimum absolute atomic E-state index is 0.0361. The number of likely N-dealkylation sites (N-methyl/N-ethyl adjacent to an activating group) is 1. The number of anilines is 3. The summed E-state index contributed by atoms with van der Waals surface area (Å²) in [5.74, 6) is -0.469. The van der Waals surface area contributed by atoms with E-state index < -0.39 is 31.4 Å². The molecule has 0 unspecified atom stereocenters. The minimum Gasteiger partial charge on any atom is -0.455 e. The lowest BCUT2D eigenvalue weighted by molar-refractivity contribution is -0.384. The zero-order valence-electron chi connectivity index (χ0n) is 36.9. The number of allylic oxidation sites excluding steroid dienone is 1. The lowest BCUT2D eigenvalue weighted by atomic mass is 9.72. The Morgan fingerprint density at radius 1 is 0.985 bits per heavy atom. The quantitative estimate of drug-likeness (QED) is 0.0725. The summed E-state index contributed by atoms with van der Waals surface area (Å²) in [5.41, 5.74) is 5.84. The maximum absolute atomic E-state index is 14.1. The number of nitrogens with one attached hydrogen (secondary N) is 4. The van der Waals surface area contributed by atoms with Gasteiger partial charge in [-0.25, -0.2) is 18.1 Å². The number of hydrogen-bond acceptors (Lipinski definition) is 13. The average Bonchev–Trinajstić information content (AvgIpc) is 3.76. The first-order valence-corrected chi connectivity index (χ1v) is 24.0. The lowest BCUT2D eigenvalue weighted by Crippen LogP contribution is -2.50. The highest BCUT2D eigenvalue weighted by Gasteiger charge is 2.33. The first kappa shape index (κ1) is 44.5. The Bertz CT molecular complexity index is 2750. The molecule has 3 aromatic carbocycles. The molecule has 1 atom stereocenters. The van der Waals surface area contributed by atoms with Crippen LogP contribution in [0.15, 0.2) is 89.6 Å². The molecule has 2 aromatic heterocycles. The zero-order chi connectivity index (χ0) is 45.5. The van der Waals surface area contributed by atoms with Crippen LogP contribution in [0.3, 0.4) is 0 Å². The topological polar surface area (TPSA) is 181 Å². The van der Waals surface area contributed by atoms with E-state index in [-0.39, 0.29) is 34.1 Å². The third kappa shape index (κ3) is 10.1. The Labute approximate surface area is 384 Å². The van der Waals surface area contributed by atoms with E-state index in [0.717, 1.165) is 100 Å². The Morgan fingerprint density at radius 2 is 1.74 bits per heavy atom. The molecule has 9 rings (SSSR count). The Balaban J connectivity index is 0.933. The van der Waals surface area contributed by atoms with E-state index in [9.17, 15) is 23.3 Å². The van der Waals surface area contributed by atoms with Gasteiger partial charge < -0.3 is 30.2 Å². The molecule has 5 aromatic rings. The number of nitrogens with zero attached hydrogens (tertiary/aromatic N) is 6. The fraction of sp³-hybridized carbons (Fsp3) is 0.404. The predicted molar refractivity (Wildman–Crippen MR) is 255 cm³/mol. The summed E-state index contributed by atoms with van der Waals surface area (Å²) in [4.78, 5) is 42.2. The number of H-pyrrole nitrogens is 1. The average molecular weight is 924 g/mol. The summed E-state index contributed by atoms with van der Waals surface area (Å²) < 4.78 is 36.4. The Hall–Kier alpha value is -5.72. The number of hydrogen-bond donors (Lipinski definition) is 4. The van der Waals surface area contributed by atoms with Gasteiger partial charge in [-0.3, -0.25) is 24.7 Å². The molecule has 2 saturated heterocycles. The number of carbonyl (C=O) groups excluding carboxylic acids is 1. The number of ether oxygens (including phenoxy) is 1. The third-order valence-corrected chi connectivity index (χ3v) is 14.7. The number of nitro benzene ring substituents is 1. The molecule has 1 amide bonds. The molecule has 65 heavy (non-hydrogen) atoms. The van der Waals surface area contributed by atoms with Crippen LogP contribution in [0.5, 0.6) is 11.5 Å². The number of nitro groups is 1. The van der Waals surface area contributed by atoms with E-state index in [0.29, 0.717) is 24.5 Å². The van der Waals surface area contributed by atoms with Crippen molar-refractivity contribution in [1.29, 1.82) is 0 Å². The molecule has 4 aliphatic rings. The number of carbonyl (C=O) groups is 1. The second kappa shape index (κ2) is 18.3. The molecular weight excluding hydrogens is 868 g/mol. The number of amides is 1. The van der Waals surface area contributed by atoms with Crippen LogP contribution in [0.2, 0.25) is 5.02 Å². The van der Waals surface area contributed by atoms with Gasteiger partial charge >= 0.3 is 0 Å². The molecule has 16 nitrogen and oxygen atoms in total. The van der Waals surface area contributed by atoms with Gasteiger partial charge in [-0.05, 0) is 85.3 Å². The first-order valence-electron chi connectivity index (χ1n) is 22.2. The molecule has 18 heteroatoms. The highest BCUT2D eigenvalue weighted by molar-refractivity contribution is 7.90. The lowest BCUT2D eigenvalue weighted by Gasteiger charge is -2.39. The van der Waals surface area contributed by atoms with E-state index >= 15 is 0 Å². The van der Waals surface area contributed by atoms with Crippen LogP contribution < -0.4 is 25.0 Å². The first-order chi connectivity index (χ1) is 31.2. The fourth-order valence-corrected chi connectivity index (χ4v) is 10.5. The van der Waals surface area contributed by atoms with Gasteiger partial charge in [0.1, 0.15) is 22.8 Å². The van der Waals surface area contributed by atoms with Crippen LogP contribution in [-0.2, 0) is 10.0 Å². The van der Waals surface area contributed by atoms with Gasteiger partial charge in [0.15, 0.2) is 0 Å². The van der Waals surface area contributed by atoms with Crippen LogP contribution in [0.4, 0.5) is 22.7 Å². The van der Waals surface area contributed by atoms with E-state index in [1.54, 1.807) is 30.5 Å². The second-order valence-electron chi connectivity index (χ2n) is 18.4. The molecule has 0 bridgehead atoms. The summed E-state index contributed by atoms with van der Waals surface area (Å²) in [6.07, 6.45) is 6.49. The van der Waals surface area contributed by atoms with Gasteiger partial charge in [0.2, 0.25) is 0 Å². The van der Waals surface area contributed by atoms with E-state index in [2.05, 4.69) is 78.0 Å². The van der Waals surface area contributed by atoms with Gasteiger partial charge in [-0.2, -0.15) is 0 Å². The second-order valence-corrected chi connectivity index (χ2v) is 20.6. The highest BCUT2D eigenvalue weighted by Crippen LogP contribution is 2.44. The molecule has 2 fully saturated rings. The van der Waals surface area contributed by atoms with Crippen molar-refractivity contribution >= 4 is 66.9 Å². The normalized spacial score (nSPS) is 19.6. The number of pyridine rings is 1. The van der Waals surface area contributed by atoms with Crippen molar-refractivity contribution < 1.29 is 22.9 Å². The van der Waals surface area contributed by atoms with Crippen LogP contribution >= 0.6 is 11.6 Å². The standard InChI is InChI=1S/C47H55ClN10O6S/c1-47(2)12-10-33(40(26-47)31-4-6-34(48)7-5-31)29-55-18-20-57(21-19-55)36-8-9-39(43(23-36)64-37-22-32-11-13-49-45(32)51-28-37)46(59)53-65(62,63)38-24-41-44(42(25-38)58(60)61)52-35(27-50-41)30-56-16-14-54(3)15-17-56/h4-9,11,13,22-25,28,35,50,52H,10,12,14-21,26-27,29-30H2,1-3H3,(H,49,51)(H,53,59)/t35-/m0/s1. The fourth-order valence-electron chi connectivity index (χ4n) is 9.35. The van der Waals surface area contributed by atoms with Crippen molar-refractivity contribution in [2.24, 2.45) is 5.41 Å². The van der Waals surface area contributed by atoms with Crippen molar-refractivity contribution in [2.45, 2.75) is 44.0 Å². The third-order valence-electron chi connectivity index (χ3n) is 13.1. The smallest absolute Gasteiger partial charge is 0.295 e. The Kier molecular flexibility index (Phi) is 12.5.